The maximum atomic E-state index is 12.6. The minimum absolute atomic E-state index is 0.0768. The predicted molar refractivity (Wildman–Crippen MR) is 102 cm³/mol. The quantitative estimate of drug-likeness (QED) is 0.536. The third-order valence-electron chi connectivity index (χ3n) is 5.47. The molecule has 2 N–H and O–H groups in total. The van der Waals surface area contributed by atoms with Crippen molar-refractivity contribution in [2.45, 2.75) is 70.8 Å². The van der Waals surface area contributed by atoms with E-state index in [-0.39, 0.29) is 24.2 Å². The van der Waals surface area contributed by atoms with E-state index in [1.807, 2.05) is 13.0 Å². The molecule has 2 aliphatic rings. The zero-order valence-corrected chi connectivity index (χ0v) is 16.3. The van der Waals surface area contributed by atoms with Crippen LogP contribution in [0.4, 0.5) is 5.82 Å². The summed E-state index contributed by atoms with van der Waals surface area (Å²) in [7, 11) is 0. The van der Waals surface area contributed by atoms with Crippen LogP contribution in [0.5, 0.6) is 0 Å². The molecule has 1 saturated heterocycles. The molecule has 1 amide bonds. The molecule has 1 saturated carbocycles. The van der Waals surface area contributed by atoms with E-state index in [2.05, 4.69) is 27.5 Å². The molecular formula is C20H30N4O3. The number of nitrogens with zero attached hydrogens (tertiary/aromatic N) is 2. The van der Waals surface area contributed by atoms with Gasteiger partial charge in [-0.25, -0.2) is 9.97 Å². The predicted octanol–water partition coefficient (Wildman–Crippen LogP) is 2.53. The maximum Gasteiger partial charge on any atom is 0.307 e. The zero-order chi connectivity index (χ0) is 19.3. The van der Waals surface area contributed by atoms with Crippen LogP contribution in [-0.4, -0.2) is 40.5 Å². The molecule has 0 radical (unpaired) electrons. The first kappa shape index (κ1) is 19.6. The molecule has 7 nitrogen and oxygen atoms in total. The summed E-state index contributed by atoms with van der Waals surface area (Å²) < 4.78 is 5.55. The van der Waals surface area contributed by atoms with Gasteiger partial charge in [-0.15, -0.1) is 0 Å². The number of hydrogen-bond acceptors (Lipinski definition) is 6. The molecule has 2 fully saturated rings. The fourth-order valence-electron chi connectivity index (χ4n) is 4.11. The van der Waals surface area contributed by atoms with Crippen LogP contribution in [0.15, 0.2) is 6.07 Å². The van der Waals surface area contributed by atoms with Gasteiger partial charge < -0.3 is 15.4 Å². The third kappa shape index (κ3) is 4.76. The average molecular weight is 374 g/mol. The fourth-order valence-corrected chi connectivity index (χ4v) is 4.11. The van der Waals surface area contributed by atoms with Crippen LogP contribution in [0.25, 0.3) is 0 Å². The van der Waals surface area contributed by atoms with Gasteiger partial charge in [0.2, 0.25) is 5.91 Å². The normalized spacial score (nSPS) is 20.7. The Labute approximate surface area is 160 Å². The second-order valence-corrected chi connectivity index (χ2v) is 7.63. The number of rotatable bonds is 8. The minimum Gasteiger partial charge on any atom is -0.458 e. The number of aromatic nitrogens is 2. The lowest BCUT2D eigenvalue weighted by molar-refractivity contribution is -0.149. The number of carbonyl (C=O) groups excluding carboxylic acids is 2. The van der Waals surface area contributed by atoms with Crippen molar-refractivity contribution in [1.82, 2.24) is 15.3 Å². The summed E-state index contributed by atoms with van der Waals surface area (Å²) in [6.07, 6.45) is 6.90. The summed E-state index contributed by atoms with van der Waals surface area (Å²) in [6.45, 7) is 5.16. The van der Waals surface area contributed by atoms with Gasteiger partial charge in [0, 0.05) is 31.3 Å². The van der Waals surface area contributed by atoms with Crippen LogP contribution in [0.1, 0.15) is 63.4 Å². The molecule has 0 unspecified atom stereocenters. The number of carbonyl (C=O) groups is 2. The molecule has 148 valence electrons. The zero-order valence-electron chi connectivity index (χ0n) is 16.3. The Balaban J connectivity index is 1.48. The molecule has 1 spiro atoms. The number of nitrogens with one attached hydrogen (secondary N) is 2. The summed E-state index contributed by atoms with van der Waals surface area (Å²) in [4.78, 5) is 33.3. The van der Waals surface area contributed by atoms with Crippen molar-refractivity contribution in [1.29, 1.82) is 0 Å². The number of esters is 1. The van der Waals surface area contributed by atoms with Gasteiger partial charge in [-0.2, -0.15) is 0 Å². The molecular weight excluding hydrogens is 344 g/mol. The van der Waals surface area contributed by atoms with Gasteiger partial charge in [0.05, 0.1) is 12.3 Å². The highest BCUT2D eigenvalue weighted by Gasteiger charge is 2.53. The molecule has 1 aliphatic carbocycles. The van der Waals surface area contributed by atoms with E-state index in [0.717, 1.165) is 62.3 Å². The van der Waals surface area contributed by atoms with Crippen molar-refractivity contribution in [3.63, 3.8) is 0 Å². The summed E-state index contributed by atoms with van der Waals surface area (Å²) in [6, 6.07) is 1.91. The Morgan fingerprint density at radius 2 is 2.07 bits per heavy atom. The van der Waals surface area contributed by atoms with Crippen LogP contribution >= 0.6 is 0 Å². The Bertz CT molecular complexity index is 686. The molecule has 7 heteroatoms. The number of unbranched alkanes of at least 4 members (excludes halogenated alkanes) is 1. The summed E-state index contributed by atoms with van der Waals surface area (Å²) in [5.41, 5.74) is 0.388. The highest BCUT2D eigenvalue weighted by Crippen LogP contribution is 2.45. The van der Waals surface area contributed by atoms with Gasteiger partial charge in [-0.3, -0.25) is 9.59 Å². The topological polar surface area (TPSA) is 93.2 Å². The molecule has 1 aliphatic heterocycles. The maximum absolute atomic E-state index is 12.6. The smallest absolute Gasteiger partial charge is 0.307 e. The van der Waals surface area contributed by atoms with Gasteiger partial charge in [0.1, 0.15) is 17.2 Å². The highest BCUT2D eigenvalue weighted by molar-refractivity contribution is 5.87. The van der Waals surface area contributed by atoms with E-state index < -0.39 is 5.60 Å². The van der Waals surface area contributed by atoms with E-state index in [9.17, 15) is 9.59 Å². The molecule has 1 aromatic rings. The Morgan fingerprint density at radius 3 is 2.81 bits per heavy atom. The van der Waals surface area contributed by atoms with Crippen molar-refractivity contribution in [3.05, 3.63) is 17.6 Å². The Kier molecular flexibility index (Phi) is 6.29. The van der Waals surface area contributed by atoms with E-state index in [1.165, 1.54) is 0 Å². The standard InChI is InChI=1S/C20H30N4O3/c1-3-4-7-16-23-14(2)12-17(24-16)21-10-11-22-19(26)15-13-18(25)27-20(15)8-5-6-9-20/h12,15H,3-11,13H2,1-2H3,(H,22,26)(H,21,23,24)/t15-/m1/s1. The van der Waals surface area contributed by atoms with Gasteiger partial charge in [0.15, 0.2) is 0 Å². The average Bonchev–Trinajstić information content (AvgIpc) is 3.23. The number of amides is 1. The minimum atomic E-state index is -0.549. The Hall–Kier alpha value is -2.18. The van der Waals surface area contributed by atoms with Gasteiger partial charge in [-0.05, 0) is 39.0 Å². The summed E-state index contributed by atoms with van der Waals surface area (Å²) in [5.74, 6) is 0.968. The van der Waals surface area contributed by atoms with Crippen molar-refractivity contribution in [2.75, 3.05) is 18.4 Å². The first-order valence-corrected chi connectivity index (χ1v) is 10.1. The summed E-state index contributed by atoms with van der Waals surface area (Å²) in [5, 5.41) is 6.21. The molecule has 0 aromatic carbocycles. The van der Waals surface area contributed by atoms with Crippen molar-refractivity contribution < 1.29 is 14.3 Å². The lowest BCUT2D eigenvalue weighted by Gasteiger charge is -2.27. The van der Waals surface area contributed by atoms with Crippen molar-refractivity contribution in [3.8, 4) is 0 Å². The van der Waals surface area contributed by atoms with Gasteiger partial charge in [0.25, 0.3) is 0 Å². The Morgan fingerprint density at radius 1 is 1.30 bits per heavy atom. The lowest BCUT2D eigenvalue weighted by Crippen LogP contribution is -2.43. The second-order valence-electron chi connectivity index (χ2n) is 7.63. The van der Waals surface area contributed by atoms with E-state index in [0.29, 0.717) is 13.1 Å². The largest absolute Gasteiger partial charge is 0.458 e. The van der Waals surface area contributed by atoms with E-state index in [4.69, 9.17) is 4.74 Å². The van der Waals surface area contributed by atoms with Gasteiger partial charge in [-0.1, -0.05) is 13.3 Å². The summed E-state index contributed by atoms with van der Waals surface area (Å²) >= 11 is 0. The SMILES string of the molecule is CCCCc1nc(C)cc(NCCNC(=O)[C@H]2CC(=O)OC23CCCC3)n1. The molecule has 27 heavy (non-hydrogen) atoms. The highest BCUT2D eigenvalue weighted by atomic mass is 16.6. The van der Waals surface area contributed by atoms with Crippen LogP contribution in [0, 0.1) is 12.8 Å². The second kappa shape index (κ2) is 8.67. The molecule has 0 bridgehead atoms. The fraction of sp³-hybridized carbons (Fsp3) is 0.700. The third-order valence-corrected chi connectivity index (χ3v) is 5.47. The molecule has 1 aromatic heterocycles. The number of hydrogen-bond donors (Lipinski definition) is 2. The first-order chi connectivity index (χ1) is 13.0. The van der Waals surface area contributed by atoms with Crippen LogP contribution < -0.4 is 10.6 Å². The molecule has 2 heterocycles. The number of ether oxygens (including phenoxy) is 1. The van der Waals surface area contributed by atoms with E-state index >= 15 is 0 Å². The van der Waals surface area contributed by atoms with Crippen LogP contribution in [-0.2, 0) is 20.7 Å². The monoisotopic (exact) mass is 374 g/mol. The molecule has 3 rings (SSSR count). The molecule has 1 atom stereocenters. The van der Waals surface area contributed by atoms with Crippen LogP contribution in [0.2, 0.25) is 0 Å². The number of aryl methyl sites for hydroxylation is 2. The number of anilines is 1. The van der Waals surface area contributed by atoms with Crippen molar-refractivity contribution >= 4 is 17.7 Å². The van der Waals surface area contributed by atoms with Crippen LogP contribution in [0.3, 0.4) is 0 Å². The van der Waals surface area contributed by atoms with Gasteiger partial charge >= 0.3 is 5.97 Å². The van der Waals surface area contributed by atoms with E-state index in [1.54, 1.807) is 0 Å². The van der Waals surface area contributed by atoms with Crippen molar-refractivity contribution in [2.24, 2.45) is 5.92 Å². The first-order valence-electron chi connectivity index (χ1n) is 10.1. The lowest BCUT2D eigenvalue weighted by atomic mass is 9.85.